The number of carbonyl (C=O) groups excluding carboxylic acids is 1. The van der Waals surface area contributed by atoms with Gasteiger partial charge in [0, 0.05) is 18.1 Å². The van der Waals surface area contributed by atoms with Crippen LogP contribution in [-0.2, 0) is 0 Å². The summed E-state index contributed by atoms with van der Waals surface area (Å²) >= 11 is 3.49. The van der Waals surface area contributed by atoms with Crippen LogP contribution in [0.15, 0.2) is 28.7 Å². The summed E-state index contributed by atoms with van der Waals surface area (Å²) in [6.07, 6.45) is 0.807. The largest absolute Gasteiger partial charge is 0.395 e. The van der Waals surface area contributed by atoms with Crippen LogP contribution in [0.4, 0.5) is 4.79 Å². The number of likely N-dealkylation sites (N-methyl/N-ethyl adjacent to an activating group) is 1. The molecule has 0 bridgehead atoms. The average Bonchev–Trinajstić information content (AvgIpc) is 2.37. The first-order valence-electron chi connectivity index (χ1n) is 5.97. The molecule has 100 valence electrons. The van der Waals surface area contributed by atoms with Gasteiger partial charge in [0.05, 0.1) is 12.6 Å². The molecule has 0 radical (unpaired) electrons. The van der Waals surface area contributed by atoms with Gasteiger partial charge in [-0.05, 0) is 18.1 Å². The first kappa shape index (κ1) is 15.0. The molecule has 2 N–H and O–H groups in total. The molecule has 2 amide bonds. The molecular formula is C13H19BrN2O2. The normalized spacial score (nSPS) is 12.0. The maximum absolute atomic E-state index is 11.9. The number of nitrogens with one attached hydrogen (secondary N) is 1. The van der Waals surface area contributed by atoms with Gasteiger partial charge in [-0.2, -0.15) is 0 Å². The van der Waals surface area contributed by atoms with E-state index in [0.29, 0.717) is 6.54 Å². The highest BCUT2D eigenvalue weighted by Crippen LogP contribution is 2.25. The van der Waals surface area contributed by atoms with Crippen LogP contribution < -0.4 is 5.32 Å². The number of halogens is 1. The topological polar surface area (TPSA) is 52.6 Å². The number of hydrogen-bond donors (Lipinski definition) is 2. The standard InChI is InChI=1S/C13H19BrN2O2/c1-3-12(10-6-4-5-7-11(10)14)15-13(18)16(2)8-9-17/h4-7,12,17H,3,8-9H2,1-2H3,(H,15,18). The van der Waals surface area contributed by atoms with Crippen molar-refractivity contribution in [2.75, 3.05) is 20.2 Å². The fraction of sp³-hybridized carbons (Fsp3) is 0.462. The van der Waals surface area contributed by atoms with Crippen molar-refractivity contribution < 1.29 is 9.90 Å². The Morgan fingerprint density at radius 2 is 2.17 bits per heavy atom. The molecule has 0 fully saturated rings. The highest BCUT2D eigenvalue weighted by Gasteiger charge is 2.16. The molecule has 0 saturated heterocycles. The van der Waals surface area contributed by atoms with Gasteiger partial charge in [0.15, 0.2) is 0 Å². The van der Waals surface area contributed by atoms with Gasteiger partial charge < -0.3 is 15.3 Å². The maximum Gasteiger partial charge on any atom is 0.317 e. The van der Waals surface area contributed by atoms with Crippen molar-refractivity contribution in [2.24, 2.45) is 0 Å². The van der Waals surface area contributed by atoms with Crippen LogP contribution in [-0.4, -0.2) is 36.2 Å². The number of rotatable bonds is 5. The summed E-state index contributed by atoms with van der Waals surface area (Å²) in [4.78, 5) is 13.3. The van der Waals surface area contributed by atoms with Gasteiger partial charge in [-0.15, -0.1) is 0 Å². The smallest absolute Gasteiger partial charge is 0.317 e. The van der Waals surface area contributed by atoms with Crippen LogP contribution in [0.25, 0.3) is 0 Å². The molecule has 1 aromatic rings. The lowest BCUT2D eigenvalue weighted by molar-refractivity contribution is 0.187. The fourth-order valence-electron chi connectivity index (χ4n) is 1.67. The summed E-state index contributed by atoms with van der Waals surface area (Å²) in [5.74, 6) is 0. The molecule has 1 unspecified atom stereocenters. The second-order valence-electron chi connectivity index (χ2n) is 4.08. The second kappa shape index (κ2) is 7.38. The number of hydrogen-bond acceptors (Lipinski definition) is 2. The van der Waals surface area contributed by atoms with E-state index in [1.807, 2.05) is 31.2 Å². The van der Waals surface area contributed by atoms with Crippen molar-refractivity contribution in [3.05, 3.63) is 34.3 Å². The third-order valence-electron chi connectivity index (χ3n) is 2.77. The fourth-order valence-corrected chi connectivity index (χ4v) is 2.23. The van der Waals surface area contributed by atoms with Crippen molar-refractivity contribution in [1.82, 2.24) is 10.2 Å². The predicted molar refractivity (Wildman–Crippen MR) is 75.4 cm³/mol. The minimum Gasteiger partial charge on any atom is -0.395 e. The molecule has 0 aliphatic carbocycles. The molecule has 0 aliphatic rings. The number of benzene rings is 1. The Morgan fingerprint density at radius 1 is 1.50 bits per heavy atom. The molecule has 4 nitrogen and oxygen atoms in total. The summed E-state index contributed by atoms with van der Waals surface area (Å²) in [6, 6.07) is 7.64. The van der Waals surface area contributed by atoms with E-state index in [1.165, 1.54) is 4.90 Å². The molecule has 1 aromatic carbocycles. The summed E-state index contributed by atoms with van der Waals surface area (Å²) in [7, 11) is 1.66. The molecule has 0 aromatic heterocycles. The van der Waals surface area contributed by atoms with E-state index in [2.05, 4.69) is 21.2 Å². The minimum absolute atomic E-state index is 0.0320. The number of amides is 2. The molecule has 0 spiro atoms. The number of nitrogens with zero attached hydrogens (tertiary/aromatic N) is 1. The number of aliphatic hydroxyl groups is 1. The van der Waals surface area contributed by atoms with Gasteiger partial charge >= 0.3 is 6.03 Å². The molecule has 5 heteroatoms. The van der Waals surface area contributed by atoms with Crippen LogP contribution in [0.1, 0.15) is 24.9 Å². The highest BCUT2D eigenvalue weighted by atomic mass is 79.9. The zero-order valence-electron chi connectivity index (χ0n) is 10.7. The van der Waals surface area contributed by atoms with Gasteiger partial charge in [0.2, 0.25) is 0 Å². The summed E-state index contributed by atoms with van der Waals surface area (Å²) < 4.78 is 0.988. The monoisotopic (exact) mass is 314 g/mol. The first-order chi connectivity index (χ1) is 8.60. The van der Waals surface area contributed by atoms with Gasteiger partial charge in [0.1, 0.15) is 0 Å². The zero-order chi connectivity index (χ0) is 13.5. The Bertz CT molecular complexity index is 398. The van der Waals surface area contributed by atoms with Crippen molar-refractivity contribution in [3.63, 3.8) is 0 Å². The summed E-state index contributed by atoms with van der Waals surface area (Å²) in [5, 5.41) is 11.8. The lowest BCUT2D eigenvalue weighted by atomic mass is 10.1. The molecule has 0 saturated carbocycles. The van der Waals surface area contributed by atoms with Gasteiger partial charge in [-0.25, -0.2) is 4.79 Å². The van der Waals surface area contributed by atoms with Gasteiger partial charge in [0.25, 0.3) is 0 Å². The Morgan fingerprint density at radius 3 is 2.72 bits per heavy atom. The highest BCUT2D eigenvalue weighted by molar-refractivity contribution is 9.10. The van der Waals surface area contributed by atoms with E-state index in [9.17, 15) is 4.79 Å². The van der Waals surface area contributed by atoms with Crippen LogP contribution >= 0.6 is 15.9 Å². The lowest BCUT2D eigenvalue weighted by Gasteiger charge is -2.23. The maximum atomic E-state index is 11.9. The quantitative estimate of drug-likeness (QED) is 0.877. The first-order valence-corrected chi connectivity index (χ1v) is 6.76. The second-order valence-corrected chi connectivity index (χ2v) is 4.93. The molecule has 0 heterocycles. The average molecular weight is 315 g/mol. The Kier molecular flexibility index (Phi) is 6.15. The molecule has 1 rings (SSSR count). The van der Waals surface area contributed by atoms with Crippen LogP contribution in [0, 0.1) is 0 Å². The number of aliphatic hydroxyl groups excluding tert-OH is 1. The van der Waals surface area contributed by atoms with Crippen LogP contribution in [0.3, 0.4) is 0 Å². The van der Waals surface area contributed by atoms with Crippen LogP contribution in [0.5, 0.6) is 0 Å². The van der Waals surface area contributed by atoms with Crippen molar-refractivity contribution >= 4 is 22.0 Å². The van der Waals surface area contributed by atoms with E-state index in [1.54, 1.807) is 7.05 Å². The number of carbonyl (C=O) groups is 1. The van der Waals surface area contributed by atoms with Gasteiger partial charge in [-0.1, -0.05) is 41.1 Å². The third kappa shape index (κ3) is 3.99. The van der Waals surface area contributed by atoms with Crippen LogP contribution in [0.2, 0.25) is 0 Å². The van der Waals surface area contributed by atoms with E-state index in [4.69, 9.17) is 5.11 Å². The molecule has 18 heavy (non-hydrogen) atoms. The Labute approximate surface area is 116 Å². The van der Waals surface area contributed by atoms with E-state index >= 15 is 0 Å². The van der Waals surface area contributed by atoms with E-state index in [-0.39, 0.29) is 18.7 Å². The Hall–Kier alpha value is -1.07. The van der Waals surface area contributed by atoms with E-state index in [0.717, 1.165) is 16.5 Å². The van der Waals surface area contributed by atoms with E-state index < -0.39 is 0 Å². The number of urea groups is 1. The molecule has 1 atom stereocenters. The lowest BCUT2D eigenvalue weighted by Crippen LogP contribution is -2.40. The van der Waals surface area contributed by atoms with Gasteiger partial charge in [-0.3, -0.25) is 0 Å². The van der Waals surface area contributed by atoms with Crippen molar-refractivity contribution in [3.8, 4) is 0 Å². The third-order valence-corrected chi connectivity index (χ3v) is 3.49. The zero-order valence-corrected chi connectivity index (χ0v) is 12.3. The molecular weight excluding hydrogens is 296 g/mol. The summed E-state index contributed by atoms with van der Waals surface area (Å²) in [5.41, 5.74) is 1.06. The Balaban J connectivity index is 2.74. The SMILES string of the molecule is CCC(NC(=O)N(C)CCO)c1ccccc1Br. The predicted octanol–water partition coefficient (Wildman–Crippen LogP) is 2.53. The molecule has 0 aliphatic heterocycles. The van der Waals surface area contributed by atoms with Crippen molar-refractivity contribution in [1.29, 1.82) is 0 Å². The van der Waals surface area contributed by atoms with Crippen molar-refractivity contribution in [2.45, 2.75) is 19.4 Å². The summed E-state index contributed by atoms with van der Waals surface area (Å²) in [6.45, 7) is 2.32. The minimum atomic E-state index is -0.174.